The van der Waals surface area contributed by atoms with E-state index in [1.165, 1.54) is 0 Å². The number of hydrogen-bond donors (Lipinski definition) is 4. The lowest BCUT2D eigenvalue weighted by molar-refractivity contribution is -0.144. The summed E-state index contributed by atoms with van der Waals surface area (Å²) in [6.45, 7) is 12.4. The van der Waals surface area contributed by atoms with Crippen molar-refractivity contribution in [2.45, 2.75) is 71.2 Å². The largest absolute Gasteiger partial charge is 0.383 e. The quantitative estimate of drug-likeness (QED) is 0.169. The monoisotopic (exact) mass is 634 g/mol. The van der Waals surface area contributed by atoms with Crippen molar-refractivity contribution in [3.63, 3.8) is 0 Å². The first-order valence-corrected chi connectivity index (χ1v) is 16.3. The Labute approximate surface area is 274 Å². The Morgan fingerprint density at radius 3 is 2.26 bits per heavy atom. The van der Waals surface area contributed by atoms with Crippen molar-refractivity contribution in [3.05, 3.63) is 83.6 Å². The van der Waals surface area contributed by atoms with Crippen LogP contribution in [0.4, 0.5) is 0 Å². The van der Waals surface area contributed by atoms with E-state index < -0.39 is 12.2 Å². The van der Waals surface area contributed by atoms with Crippen LogP contribution in [0.2, 0.25) is 0 Å². The van der Waals surface area contributed by atoms with Gasteiger partial charge in [0.05, 0.1) is 35.0 Å². The number of carbonyl (C=O) groups is 2. The highest BCUT2D eigenvalue weighted by atomic mass is 16.3. The third-order valence-electron chi connectivity index (χ3n) is 9.11. The van der Waals surface area contributed by atoms with Crippen molar-refractivity contribution in [2.75, 3.05) is 13.1 Å². The number of carbonyl (C=O) groups excluding carboxylic acids is 2. The second-order valence-corrected chi connectivity index (χ2v) is 13.4. The number of aromatic nitrogens is 4. The van der Waals surface area contributed by atoms with Gasteiger partial charge in [0.15, 0.2) is 0 Å². The van der Waals surface area contributed by atoms with Crippen LogP contribution in [0, 0.1) is 23.7 Å². The number of nitrogens with one attached hydrogen (secondary N) is 2. The summed E-state index contributed by atoms with van der Waals surface area (Å²) in [6, 6.07) is 13.2. The van der Waals surface area contributed by atoms with Gasteiger partial charge in [0.1, 0.15) is 23.9 Å². The topological polar surface area (TPSA) is 138 Å². The Balaban J connectivity index is 1.14. The highest BCUT2D eigenvalue weighted by Crippen LogP contribution is 2.35. The fraction of sp³-hybridized carbons (Fsp3) is 0.405. The van der Waals surface area contributed by atoms with Gasteiger partial charge in [-0.1, -0.05) is 63.8 Å². The molecule has 4 N–H and O–H groups in total. The molecule has 0 aliphatic carbocycles. The van der Waals surface area contributed by atoms with E-state index in [1.807, 2.05) is 70.2 Å². The van der Waals surface area contributed by atoms with Gasteiger partial charge in [-0.2, -0.15) is 0 Å². The van der Waals surface area contributed by atoms with E-state index in [-0.39, 0.29) is 35.7 Å². The van der Waals surface area contributed by atoms with Crippen LogP contribution >= 0.6 is 0 Å². The van der Waals surface area contributed by atoms with E-state index in [2.05, 4.69) is 33.4 Å². The van der Waals surface area contributed by atoms with Gasteiger partial charge >= 0.3 is 0 Å². The number of amides is 2. The molecule has 0 spiro atoms. The van der Waals surface area contributed by atoms with Gasteiger partial charge in [0, 0.05) is 24.2 Å². The zero-order valence-electron chi connectivity index (χ0n) is 27.3. The molecule has 2 saturated heterocycles. The highest BCUT2D eigenvalue weighted by Gasteiger charge is 2.38. The average Bonchev–Trinajstić information content (AvgIpc) is 3.87. The van der Waals surface area contributed by atoms with Crippen LogP contribution in [0.25, 0.3) is 22.3 Å². The summed E-state index contributed by atoms with van der Waals surface area (Å²) >= 11 is 0. The maximum absolute atomic E-state index is 13.0. The Bertz CT molecular complexity index is 1860. The fourth-order valence-corrected chi connectivity index (χ4v) is 6.29. The Kier molecular flexibility index (Phi) is 9.04. The summed E-state index contributed by atoms with van der Waals surface area (Å²) in [7, 11) is 0. The molecule has 2 fully saturated rings. The number of hydrogen-bond acceptors (Lipinski definition) is 6. The molecule has 4 heterocycles. The SMILES string of the molecule is C=C1C[C@@H](c2nc3ccc(C#Cc4ccc(-c5cnc([C@@H]6CCCN6C(=O)[C@@H](O)C(C)C)[nH]5)cc4)cc3[nH]2)N(C(=O)[C@H](O)C(C)C)C1. The maximum Gasteiger partial charge on any atom is 0.252 e. The number of likely N-dealkylation sites (tertiary alicyclic amines) is 2. The van der Waals surface area contributed by atoms with E-state index in [0.717, 1.165) is 57.7 Å². The predicted molar refractivity (Wildman–Crippen MR) is 180 cm³/mol. The van der Waals surface area contributed by atoms with E-state index in [4.69, 9.17) is 4.98 Å². The van der Waals surface area contributed by atoms with Crippen molar-refractivity contribution in [1.82, 2.24) is 29.7 Å². The number of H-pyrrole nitrogens is 2. The lowest BCUT2D eigenvalue weighted by Crippen LogP contribution is -2.41. The summed E-state index contributed by atoms with van der Waals surface area (Å²) in [5.41, 5.74) is 6.04. The molecule has 10 nitrogen and oxygen atoms in total. The molecular formula is C37H42N6O4. The Morgan fingerprint density at radius 1 is 0.894 bits per heavy atom. The second kappa shape index (κ2) is 13.2. The van der Waals surface area contributed by atoms with Crippen LogP contribution in [0.15, 0.2) is 60.8 Å². The van der Waals surface area contributed by atoms with Crippen LogP contribution in [0.5, 0.6) is 0 Å². The molecule has 2 aliphatic heterocycles. The highest BCUT2D eigenvalue weighted by molar-refractivity contribution is 5.83. The van der Waals surface area contributed by atoms with Gasteiger partial charge in [-0.3, -0.25) is 9.59 Å². The predicted octanol–water partition coefficient (Wildman–Crippen LogP) is 4.88. The normalized spacial score (nSPS) is 19.4. The molecule has 4 atom stereocenters. The summed E-state index contributed by atoms with van der Waals surface area (Å²) in [5, 5.41) is 20.8. The zero-order valence-corrected chi connectivity index (χ0v) is 27.3. The molecule has 0 unspecified atom stereocenters. The molecule has 0 saturated carbocycles. The third kappa shape index (κ3) is 6.59. The fourth-order valence-electron chi connectivity index (χ4n) is 6.29. The molecule has 47 heavy (non-hydrogen) atoms. The lowest BCUT2D eigenvalue weighted by Gasteiger charge is -2.27. The molecule has 0 radical (unpaired) electrons. The third-order valence-corrected chi connectivity index (χ3v) is 9.11. The maximum atomic E-state index is 13.0. The molecule has 4 aromatic rings. The average molecular weight is 635 g/mol. The van der Waals surface area contributed by atoms with E-state index >= 15 is 0 Å². The van der Waals surface area contributed by atoms with Crippen molar-refractivity contribution in [1.29, 1.82) is 0 Å². The molecule has 244 valence electrons. The smallest absolute Gasteiger partial charge is 0.252 e. The summed E-state index contributed by atoms with van der Waals surface area (Å²) in [4.78, 5) is 45.4. The summed E-state index contributed by atoms with van der Waals surface area (Å²) in [6.07, 6.45) is 1.99. The second-order valence-electron chi connectivity index (χ2n) is 13.4. The number of imidazole rings is 2. The molecule has 10 heteroatoms. The Hall–Kier alpha value is -4.72. The minimum Gasteiger partial charge on any atom is -0.383 e. The van der Waals surface area contributed by atoms with Gasteiger partial charge in [-0.05, 0) is 67.0 Å². The van der Waals surface area contributed by atoms with Gasteiger partial charge in [-0.25, -0.2) is 9.97 Å². The van der Waals surface area contributed by atoms with E-state index in [1.54, 1.807) is 16.0 Å². The number of benzene rings is 2. The number of fused-ring (bicyclic) bond motifs is 1. The first-order valence-electron chi connectivity index (χ1n) is 16.3. The van der Waals surface area contributed by atoms with Crippen molar-refractivity contribution < 1.29 is 19.8 Å². The van der Waals surface area contributed by atoms with Crippen LogP contribution in [0.1, 0.15) is 81.8 Å². The van der Waals surface area contributed by atoms with E-state index in [9.17, 15) is 19.8 Å². The van der Waals surface area contributed by atoms with Crippen LogP contribution < -0.4 is 0 Å². The molecular weight excluding hydrogens is 592 g/mol. The van der Waals surface area contributed by atoms with Crippen molar-refractivity contribution in [2.24, 2.45) is 11.8 Å². The van der Waals surface area contributed by atoms with E-state index in [0.29, 0.717) is 25.3 Å². The van der Waals surface area contributed by atoms with Crippen LogP contribution in [-0.2, 0) is 9.59 Å². The van der Waals surface area contributed by atoms with Crippen molar-refractivity contribution >= 4 is 22.8 Å². The Morgan fingerprint density at radius 2 is 1.55 bits per heavy atom. The van der Waals surface area contributed by atoms with Crippen LogP contribution in [-0.4, -0.2) is 77.1 Å². The first-order chi connectivity index (χ1) is 22.5. The van der Waals surface area contributed by atoms with Gasteiger partial charge in [0.25, 0.3) is 11.8 Å². The number of nitrogens with zero attached hydrogens (tertiary/aromatic N) is 4. The minimum atomic E-state index is -1.06. The van der Waals surface area contributed by atoms with Gasteiger partial charge in [0.2, 0.25) is 0 Å². The number of aliphatic hydroxyl groups is 2. The molecule has 2 amide bonds. The molecule has 2 aromatic heterocycles. The van der Waals surface area contributed by atoms with Crippen LogP contribution in [0.3, 0.4) is 0 Å². The molecule has 2 aromatic carbocycles. The standard InChI is InChI=1S/C37H42N6O4/c1-21(2)32(44)36(46)42-16-6-7-30(42)34-38-19-29(41-34)26-13-10-24(11-14-26)8-9-25-12-15-27-28(18-25)40-35(39-27)31-17-23(5)20-43(31)37(47)33(45)22(3)4/h10-15,18-19,21-22,30-33,44-45H,5-7,16-17,20H2,1-4H3,(H,38,41)(H,39,40)/t30-,31-,32-,33+/m0/s1. The molecule has 6 rings (SSSR count). The minimum absolute atomic E-state index is 0.142. The number of aliphatic hydroxyl groups excluding tert-OH is 2. The molecule has 2 aliphatic rings. The number of aromatic amines is 2. The van der Waals surface area contributed by atoms with Crippen molar-refractivity contribution in [3.8, 4) is 23.1 Å². The number of rotatable bonds is 7. The zero-order chi connectivity index (χ0) is 33.4. The van der Waals surface area contributed by atoms with Gasteiger partial charge < -0.3 is 30.0 Å². The summed E-state index contributed by atoms with van der Waals surface area (Å²) in [5.74, 6) is 7.01. The first kappa shape index (κ1) is 32.2. The molecule has 0 bridgehead atoms. The lowest BCUT2D eigenvalue weighted by atomic mass is 10.1. The van der Waals surface area contributed by atoms with Gasteiger partial charge in [-0.15, -0.1) is 0 Å². The summed E-state index contributed by atoms with van der Waals surface area (Å²) < 4.78 is 0.